The number of thiazole rings is 1. The van der Waals surface area contributed by atoms with Crippen LogP contribution in [0.25, 0.3) is 0 Å². The zero-order chi connectivity index (χ0) is 33.8. The first-order chi connectivity index (χ1) is 22.4. The van der Waals surface area contributed by atoms with E-state index in [9.17, 15) is 24.3 Å². The number of aliphatic carboxylic acids is 2. The van der Waals surface area contributed by atoms with E-state index in [1.165, 1.54) is 40.7 Å². The maximum absolute atomic E-state index is 13.3. The van der Waals surface area contributed by atoms with E-state index in [1.54, 1.807) is 0 Å². The molecular weight excluding hydrogens is 669 g/mol. The average Bonchev–Trinajstić information content (AvgIpc) is 3.45. The Morgan fingerprint density at radius 3 is 2.62 bits per heavy atom. The fourth-order valence-electron chi connectivity index (χ4n) is 5.02. The molecule has 2 amide bonds. The number of hydrogen-bond donors (Lipinski definition) is 5. The number of nitrogen functional groups attached to an aromatic ring is 1. The molecule has 248 valence electrons. The average molecular weight is 701 g/mol. The Hall–Kier alpha value is -4.55. The summed E-state index contributed by atoms with van der Waals surface area (Å²) < 4.78 is 0. The topological polar surface area (TPSA) is 226 Å². The van der Waals surface area contributed by atoms with Crippen molar-refractivity contribution in [2.45, 2.75) is 37.3 Å². The molecule has 0 spiro atoms. The monoisotopic (exact) mass is 700 g/mol. The Morgan fingerprint density at radius 2 is 1.96 bits per heavy atom. The Morgan fingerprint density at radius 1 is 1.21 bits per heavy atom. The summed E-state index contributed by atoms with van der Waals surface area (Å²) in [5.74, 6) is -2.78. The van der Waals surface area contributed by atoms with Gasteiger partial charge in [-0.2, -0.15) is 0 Å². The molecule has 18 heteroatoms. The van der Waals surface area contributed by atoms with Gasteiger partial charge in [0, 0.05) is 30.5 Å². The minimum absolute atomic E-state index is 0.0798. The van der Waals surface area contributed by atoms with Crippen LogP contribution in [0.5, 0.6) is 0 Å². The molecule has 0 bridgehead atoms. The molecule has 47 heavy (non-hydrogen) atoms. The lowest BCUT2D eigenvalue weighted by molar-refractivity contribution is -0.150. The normalized spacial score (nSPS) is 20.3. The lowest BCUT2D eigenvalue weighted by atomic mass is 10.0. The van der Waals surface area contributed by atoms with Crippen LogP contribution in [0.3, 0.4) is 0 Å². The quantitative estimate of drug-likeness (QED) is 0.120. The highest BCUT2D eigenvalue weighted by atomic mass is 32.2. The largest absolute Gasteiger partial charge is 0.481 e. The highest BCUT2D eigenvalue weighted by Gasteiger charge is 2.54. The number of aliphatic imine (C=N–C) groups is 1. The van der Waals surface area contributed by atoms with Gasteiger partial charge < -0.3 is 36.7 Å². The van der Waals surface area contributed by atoms with Gasteiger partial charge in [-0.3, -0.25) is 19.3 Å². The number of oxime groups is 1. The number of likely N-dealkylation sites (N-methyl/N-ethyl adjacent to an activating group) is 1. The Balaban J connectivity index is 1.27. The first-order valence-corrected chi connectivity index (χ1v) is 17.2. The van der Waals surface area contributed by atoms with Gasteiger partial charge in [-0.1, -0.05) is 47.2 Å². The minimum Gasteiger partial charge on any atom is -0.481 e. The number of carbonyl (C=O) groups excluding carboxylic acids is 2. The van der Waals surface area contributed by atoms with Crippen molar-refractivity contribution in [3.05, 3.63) is 69.6 Å². The SMILES string of the molecule is CC(CC(=O)O)O/N=C(\C(=O)NC1C(=O)N2C(C(=O)O)=C(CSC3=NC(N)=C(Cc4ccccc4)CN3C)CS[C@@H]12)c1csc(N)n1. The van der Waals surface area contributed by atoms with Gasteiger partial charge in [0.05, 0.1) is 6.42 Å². The van der Waals surface area contributed by atoms with Crippen molar-refractivity contribution in [3.8, 4) is 0 Å². The van der Waals surface area contributed by atoms with Crippen LogP contribution in [-0.2, 0) is 30.4 Å². The van der Waals surface area contributed by atoms with Crippen LogP contribution < -0.4 is 16.8 Å². The molecule has 2 aromatic rings. The van der Waals surface area contributed by atoms with Crippen LogP contribution in [0.15, 0.2) is 68.5 Å². The number of aromatic nitrogens is 1. The molecule has 5 rings (SSSR count). The summed E-state index contributed by atoms with van der Waals surface area (Å²) in [6.07, 6.45) is -0.550. The van der Waals surface area contributed by atoms with Gasteiger partial charge >= 0.3 is 11.9 Å². The molecule has 1 fully saturated rings. The van der Waals surface area contributed by atoms with Crippen molar-refractivity contribution in [1.29, 1.82) is 0 Å². The Kier molecular flexibility index (Phi) is 10.4. The zero-order valence-electron chi connectivity index (χ0n) is 25.3. The van der Waals surface area contributed by atoms with Crippen LogP contribution in [0, 0.1) is 0 Å². The van der Waals surface area contributed by atoms with Crippen LogP contribution in [0.1, 0.15) is 24.6 Å². The van der Waals surface area contributed by atoms with Crippen LogP contribution in [-0.4, -0.2) is 102 Å². The third kappa shape index (κ3) is 7.71. The molecule has 1 aromatic heterocycles. The predicted octanol–water partition coefficient (Wildman–Crippen LogP) is 1.50. The van der Waals surface area contributed by atoms with Gasteiger partial charge in [-0.25, -0.2) is 14.8 Å². The van der Waals surface area contributed by atoms with E-state index >= 15 is 0 Å². The number of benzene rings is 1. The molecule has 4 heterocycles. The maximum atomic E-state index is 13.3. The van der Waals surface area contributed by atoms with Crippen LogP contribution in [0.4, 0.5) is 5.13 Å². The lowest BCUT2D eigenvalue weighted by Gasteiger charge is -2.49. The highest BCUT2D eigenvalue weighted by molar-refractivity contribution is 8.14. The number of nitrogens with zero attached hydrogens (tertiary/aromatic N) is 5. The number of nitrogens with two attached hydrogens (primary N) is 2. The Bertz CT molecular complexity index is 1710. The number of nitrogens with one attached hydrogen (secondary N) is 1. The summed E-state index contributed by atoms with van der Waals surface area (Å²) in [6.45, 7) is 2.04. The fourth-order valence-corrected chi connectivity index (χ4v) is 8.03. The minimum atomic E-state index is -1.26. The first kappa shape index (κ1) is 33.8. The highest BCUT2D eigenvalue weighted by Crippen LogP contribution is 2.41. The number of amidine groups is 1. The van der Waals surface area contributed by atoms with Gasteiger partial charge in [0.1, 0.15) is 34.7 Å². The van der Waals surface area contributed by atoms with E-state index in [2.05, 4.69) is 20.4 Å². The van der Waals surface area contributed by atoms with Crippen molar-refractivity contribution >= 4 is 74.6 Å². The third-order valence-corrected chi connectivity index (χ3v) is 10.4. The van der Waals surface area contributed by atoms with E-state index in [0.717, 1.165) is 22.5 Å². The Labute approximate surface area is 281 Å². The molecule has 3 aliphatic heterocycles. The van der Waals surface area contributed by atoms with E-state index in [0.29, 0.717) is 35.3 Å². The number of amides is 2. The summed E-state index contributed by atoms with van der Waals surface area (Å²) in [7, 11) is 1.89. The van der Waals surface area contributed by atoms with E-state index < -0.39 is 41.3 Å². The second-order valence-corrected chi connectivity index (χ2v) is 13.8. The van der Waals surface area contributed by atoms with Crippen molar-refractivity contribution in [3.63, 3.8) is 0 Å². The van der Waals surface area contributed by atoms with Crippen molar-refractivity contribution < 1.29 is 34.2 Å². The molecule has 15 nitrogen and oxygen atoms in total. The lowest BCUT2D eigenvalue weighted by Crippen LogP contribution is -2.71. The molecule has 2 unspecified atom stereocenters. The van der Waals surface area contributed by atoms with Crippen LogP contribution in [0.2, 0.25) is 0 Å². The number of hydrogen-bond acceptors (Lipinski definition) is 14. The number of thioether (sulfide) groups is 2. The smallest absolute Gasteiger partial charge is 0.352 e. The summed E-state index contributed by atoms with van der Waals surface area (Å²) in [5.41, 5.74) is 14.3. The number of β-lactam (4-membered cyclic amide) rings is 1. The fraction of sp³-hybridized carbons (Fsp3) is 0.345. The van der Waals surface area contributed by atoms with E-state index in [-0.39, 0.29) is 34.4 Å². The molecular formula is C29H32N8O7S3. The molecule has 1 saturated heterocycles. The summed E-state index contributed by atoms with van der Waals surface area (Å²) in [5, 5.41) is 27.1. The van der Waals surface area contributed by atoms with E-state index in [4.69, 9.17) is 21.4 Å². The molecule has 1 aromatic carbocycles. The third-order valence-electron chi connectivity index (χ3n) is 7.27. The molecule has 7 N–H and O–H groups in total. The van der Waals surface area contributed by atoms with Crippen molar-refractivity contribution in [1.82, 2.24) is 20.1 Å². The van der Waals surface area contributed by atoms with Gasteiger partial charge in [-0.05, 0) is 30.1 Å². The van der Waals surface area contributed by atoms with Gasteiger partial charge in [-0.15, -0.1) is 23.1 Å². The van der Waals surface area contributed by atoms with Gasteiger partial charge in [0.25, 0.3) is 11.8 Å². The summed E-state index contributed by atoms with van der Waals surface area (Å²) >= 11 is 3.71. The molecule has 0 radical (unpaired) electrons. The number of anilines is 1. The first-order valence-electron chi connectivity index (χ1n) is 14.2. The van der Waals surface area contributed by atoms with Gasteiger partial charge in [0.2, 0.25) is 0 Å². The number of carbonyl (C=O) groups is 4. The van der Waals surface area contributed by atoms with Crippen molar-refractivity contribution in [2.75, 3.05) is 30.8 Å². The number of carboxylic acids is 2. The number of carboxylic acid groups (broad SMARTS) is 2. The predicted molar refractivity (Wildman–Crippen MR) is 179 cm³/mol. The summed E-state index contributed by atoms with van der Waals surface area (Å²) in [4.78, 5) is 67.0. The molecule has 0 aliphatic carbocycles. The molecule has 0 saturated carbocycles. The second-order valence-electron chi connectivity index (χ2n) is 10.8. The number of fused-ring (bicyclic) bond motifs is 1. The van der Waals surface area contributed by atoms with Crippen LogP contribution >= 0.6 is 34.9 Å². The molecule has 3 aliphatic rings. The second kappa shape index (κ2) is 14.5. The molecule has 3 atom stereocenters. The summed E-state index contributed by atoms with van der Waals surface area (Å²) in [6, 6.07) is 8.90. The maximum Gasteiger partial charge on any atom is 0.352 e. The van der Waals surface area contributed by atoms with Crippen molar-refractivity contribution in [2.24, 2.45) is 15.9 Å². The van der Waals surface area contributed by atoms with E-state index in [1.807, 2.05) is 42.3 Å². The standard InChI is InChI=1S/C29H32N8O7S3/c1-14(8-19(38)39)44-35-20(18-13-46-28(31)32-18)24(40)33-21-25(41)37-22(27(42)43)17(11-45-26(21)37)12-47-29-34-23(30)16(10-36(29)2)9-15-6-4-3-5-7-15/h3-7,13-14,21,26H,8-12,30H2,1-2H3,(H2,31,32)(H,33,40)(H,38,39)(H,42,43)/b35-20-/t14?,21?,26-/m0/s1. The van der Waals surface area contributed by atoms with Gasteiger partial charge in [0.15, 0.2) is 16.0 Å². The zero-order valence-corrected chi connectivity index (χ0v) is 27.7. The number of rotatable bonds is 12.